The van der Waals surface area contributed by atoms with Gasteiger partial charge in [0, 0.05) is 28.3 Å². The normalized spacial score (nSPS) is 12.3. The Morgan fingerprint density at radius 1 is 0.738 bits per heavy atom. The van der Waals surface area contributed by atoms with Crippen molar-refractivity contribution in [3.05, 3.63) is 98.4 Å². The first-order valence-electron chi connectivity index (χ1n) is 14.2. The number of carbonyl (C=O) groups excluding carboxylic acids is 3. The second-order valence-corrected chi connectivity index (χ2v) is 11.9. The van der Waals surface area contributed by atoms with Gasteiger partial charge in [-0.05, 0) is 99.3 Å². The van der Waals surface area contributed by atoms with Crippen molar-refractivity contribution in [3.63, 3.8) is 0 Å². The second kappa shape index (κ2) is 17.7. The summed E-state index contributed by atoms with van der Waals surface area (Å²) in [6, 6.07) is 21.6. The largest absolute Gasteiger partial charge is 0.397 e. The number of anilines is 1. The fraction of sp³-hybridized carbons (Fsp3) is 0.344. The van der Waals surface area contributed by atoms with E-state index in [0.29, 0.717) is 53.4 Å². The number of nitrogen functional groups attached to an aromatic ring is 1. The van der Waals surface area contributed by atoms with Gasteiger partial charge in [0.05, 0.1) is 5.69 Å². The molecule has 2 atom stereocenters. The first-order chi connectivity index (χ1) is 20.3. The van der Waals surface area contributed by atoms with Crippen LogP contribution in [0.3, 0.4) is 0 Å². The molecule has 0 aliphatic carbocycles. The van der Waals surface area contributed by atoms with Gasteiger partial charge in [-0.3, -0.25) is 14.4 Å². The van der Waals surface area contributed by atoms with Gasteiger partial charge in [0.15, 0.2) is 0 Å². The quantitative estimate of drug-likeness (QED) is 0.111. The van der Waals surface area contributed by atoms with Crippen molar-refractivity contribution in [2.75, 3.05) is 18.8 Å². The molecule has 0 aliphatic rings. The maximum absolute atomic E-state index is 13.7. The van der Waals surface area contributed by atoms with Crippen molar-refractivity contribution in [1.29, 1.82) is 0 Å². The monoisotopic (exact) mass is 699 g/mol. The number of amides is 3. The smallest absolute Gasteiger partial charge is 0.243 e. The molecule has 3 amide bonds. The number of aryl methyl sites for hydroxylation is 1. The van der Waals surface area contributed by atoms with E-state index in [2.05, 4.69) is 47.8 Å². The minimum Gasteiger partial charge on any atom is -0.397 e. The topological polar surface area (TPSA) is 139 Å². The van der Waals surface area contributed by atoms with Crippen LogP contribution in [-0.4, -0.2) is 42.9 Å². The molecule has 0 radical (unpaired) electrons. The minimum atomic E-state index is -0.898. The third-order valence-corrected chi connectivity index (χ3v) is 8.16. The molecule has 0 saturated heterocycles. The van der Waals surface area contributed by atoms with Crippen molar-refractivity contribution in [2.24, 2.45) is 5.73 Å². The summed E-state index contributed by atoms with van der Waals surface area (Å²) >= 11 is 6.91. The number of carbonyl (C=O) groups is 3. The Bertz CT molecular complexity index is 1290. The molecule has 0 aliphatic heterocycles. The van der Waals surface area contributed by atoms with Crippen molar-refractivity contribution in [3.8, 4) is 0 Å². The molecule has 0 spiro atoms. The number of nitrogens with one attached hydrogen (secondary N) is 3. The van der Waals surface area contributed by atoms with E-state index in [1.165, 1.54) is 0 Å². The van der Waals surface area contributed by atoms with Crippen LogP contribution in [0.2, 0.25) is 0 Å². The molecule has 42 heavy (non-hydrogen) atoms. The van der Waals surface area contributed by atoms with Gasteiger partial charge < -0.3 is 27.4 Å². The Morgan fingerprint density at radius 3 is 1.93 bits per heavy atom. The van der Waals surface area contributed by atoms with Gasteiger partial charge >= 0.3 is 0 Å². The highest BCUT2D eigenvalue weighted by atomic mass is 79.9. The molecule has 0 bridgehead atoms. The molecule has 0 saturated carbocycles. The summed E-state index contributed by atoms with van der Waals surface area (Å²) in [5, 5.41) is 8.76. The van der Waals surface area contributed by atoms with Crippen LogP contribution in [-0.2, 0) is 33.6 Å². The first kappa shape index (κ1) is 33.3. The summed E-state index contributed by atoms with van der Waals surface area (Å²) in [5.41, 5.74) is 15.2. The molecule has 10 heteroatoms. The maximum atomic E-state index is 13.7. The molecule has 0 aromatic heterocycles. The number of hydrogen-bond acceptors (Lipinski definition) is 5. The molecule has 3 aromatic carbocycles. The third-order valence-electron chi connectivity index (χ3n) is 6.85. The lowest BCUT2D eigenvalue weighted by atomic mass is 10.0. The Hall–Kier alpha value is -3.21. The maximum Gasteiger partial charge on any atom is 0.243 e. The van der Waals surface area contributed by atoms with E-state index >= 15 is 0 Å². The summed E-state index contributed by atoms with van der Waals surface area (Å²) < 4.78 is 1.36. The van der Waals surface area contributed by atoms with Crippen LogP contribution in [0.25, 0.3) is 0 Å². The van der Waals surface area contributed by atoms with Gasteiger partial charge in [-0.2, -0.15) is 0 Å². The van der Waals surface area contributed by atoms with Crippen LogP contribution in [0.1, 0.15) is 42.4 Å². The molecule has 3 rings (SSSR count). The lowest BCUT2D eigenvalue weighted by Gasteiger charge is -2.24. The average molecular weight is 702 g/mol. The first-order valence-corrected chi connectivity index (χ1v) is 15.7. The van der Waals surface area contributed by atoms with E-state index in [9.17, 15) is 14.4 Å². The predicted octanol–water partition coefficient (Wildman–Crippen LogP) is 4.43. The Morgan fingerprint density at radius 2 is 1.33 bits per heavy atom. The Kier molecular flexibility index (Phi) is 14.0. The zero-order valence-corrected chi connectivity index (χ0v) is 26.8. The van der Waals surface area contributed by atoms with Crippen LogP contribution in [0.4, 0.5) is 5.69 Å². The number of hydrogen-bond donors (Lipinski definition) is 5. The second-order valence-electron chi connectivity index (χ2n) is 10.2. The van der Waals surface area contributed by atoms with Crippen LogP contribution in [0, 0.1) is 0 Å². The third kappa shape index (κ3) is 11.2. The van der Waals surface area contributed by atoms with Gasteiger partial charge in [-0.15, -0.1) is 0 Å². The van der Waals surface area contributed by atoms with Crippen molar-refractivity contribution in [2.45, 2.75) is 57.0 Å². The van der Waals surface area contributed by atoms with Crippen LogP contribution in [0.5, 0.6) is 0 Å². The summed E-state index contributed by atoms with van der Waals surface area (Å²) in [4.78, 5) is 39.8. The summed E-state index contributed by atoms with van der Waals surface area (Å²) in [7, 11) is 0. The lowest BCUT2D eigenvalue weighted by molar-refractivity contribution is -0.132. The van der Waals surface area contributed by atoms with Gasteiger partial charge in [0.2, 0.25) is 17.7 Å². The fourth-order valence-electron chi connectivity index (χ4n) is 4.50. The average Bonchev–Trinajstić information content (AvgIpc) is 2.99. The number of nitrogens with two attached hydrogens (primary N) is 2. The molecule has 224 valence electrons. The highest BCUT2D eigenvalue weighted by molar-refractivity contribution is 9.11. The Labute approximate surface area is 264 Å². The van der Waals surface area contributed by atoms with E-state index < -0.39 is 18.0 Å². The van der Waals surface area contributed by atoms with E-state index in [0.717, 1.165) is 23.1 Å². The van der Waals surface area contributed by atoms with Gasteiger partial charge in [-0.25, -0.2) is 0 Å². The molecule has 0 heterocycles. The van der Waals surface area contributed by atoms with Crippen molar-refractivity contribution in [1.82, 2.24) is 16.0 Å². The molecule has 0 unspecified atom stereocenters. The fourth-order valence-corrected chi connectivity index (χ4v) is 5.78. The number of unbranched alkanes of at least 4 members (excludes halogenated alkanes) is 1. The number of benzene rings is 3. The van der Waals surface area contributed by atoms with Crippen molar-refractivity contribution >= 4 is 55.3 Å². The number of rotatable bonds is 16. The van der Waals surface area contributed by atoms with Crippen LogP contribution in [0.15, 0.2) is 81.7 Å². The zero-order valence-electron chi connectivity index (χ0n) is 23.6. The predicted molar refractivity (Wildman–Crippen MR) is 175 cm³/mol. The van der Waals surface area contributed by atoms with Crippen LogP contribution >= 0.6 is 31.9 Å². The van der Waals surface area contributed by atoms with E-state index in [1.807, 2.05) is 72.8 Å². The van der Waals surface area contributed by atoms with Crippen molar-refractivity contribution < 1.29 is 14.4 Å². The highest BCUT2D eigenvalue weighted by Gasteiger charge is 2.27. The van der Waals surface area contributed by atoms with Gasteiger partial charge in [0.1, 0.15) is 12.1 Å². The van der Waals surface area contributed by atoms with E-state index in [1.54, 1.807) is 0 Å². The SMILES string of the molecule is NCCCC[C@H](NC(=O)[C@@H](Cc1cc(Br)c(N)c(Br)c1)NC(=O)CCc1ccccc1)C(=O)NCCc1ccccc1. The highest BCUT2D eigenvalue weighted by Crippen LogP contribution is 2.30. The zero-order chi connectivity index (χ0) is 30.3. The molecule has 8 nitrogen and oxygen atoms in total. The summed E-state index contributed by atoms with van der Waals surface area (Å²) in [5.74, 6) is -0.939. The van der Waals surface area contributed by atoms with Crippen LogP contribution < -0.4 is 27.4 Å². The molecule has 0 fully saturated rings. The standard InChI is InChI=1S/C32H39Br2N5O3/c33-25-19-24(20-26(34)30(25)36)21-28(38-29(40)15-14-22-9-3-1-4-10-22)32(42)39-27(13-7-8-17-35)31(41)37-18-16-23-11-5-2-6-12-23/h1-6,9-12,19-20,27-28H,7-8,13-18,21,35-36H2,(H,37,41)(H,38,40)(H,39,42)/t27-,28+/m0/s1. The van der Waals surface area contributed by atoms with Gasteiger partial charge in [-0.1, -0.05) is 60.7 Å². The van der Waals surface area contributed by atoms with E-state index in [4.69, 9.17) is 11.5 Å². The molecular weight excluding hydrogens is 662 g/mol. The summed E-state index contributed by atoms with van der Waals surface area (Å²) in [6.07, 6.45) is 3.51. The van der Waals surface area contributed by atoms with E-state index in [-0.39, 0.29) is 24.7 Å². The molecular formula is C32H39Br2N5O3. The van der Waals surface area contributed by atoms with Gasteiger partial charge in [0.25, 0.3) is 0 Å². The summed E-state index contributed by atoms with van der Waals surface area (Å²) in [6.45, 7) is 0.941. The minimum absolute atomic E-state index is 0.214. The molecule has 7 N–H and O–H groups in total. The number of halogens is 2. The lowest BCUT2D eigenvalue weighted by Crippen LogP contribution is -2.54. The Balaban J connectivity index is 1.72. The molecule has 3 aromatic rings.